The Labute approximate surface area is 177 Å². The van der Waals surface area contributed by atoms with Crippen molar-refractivity contribution in [2.24, 2.45) is 50.3 Å². The molecule has 0 aromatic carbocycles. The SMILES string of the molecule is C[C@]12CC/C(=N\NC(N)=O)C=C1CC[C@H]1[C@H]2CC[C@]2(C)C(=NNC(N)=S)CC[C@H]12. The first-order valence-corrected chi connectivity index (χ1v) is 11.1. The highest BCUT2D eigenvalue weighted by molar-refractivity contribution is 7.80. The summed E-state index contributed by atoms with van der Waals surface area (Å²) in [7, 11) is 0. The van der Waals surface area contributed by atoms with Crippen molar-refractivity contribution in [1.29, 1.82) is 0 Å². The monoisotopic (exact) mass is 416 g/mol. The van der Waals surface area contributed by atoms with Gasteiger partial charge in [0.2, 0.25) is 0 Å². The summed E-state index contributed by atoms with van der Waals surface area (Å²) < 4.78 is 0. The van der Waals surface area contributed by atoms with E-state index in [1.165, 1.54) is 37.0 Å². The number of hydrogen-bond acceptors (Lipinski definition) is 4. The van der Waals surface area contributed by atoms with Crippen LogP contribution in [0.1, 0.15) is 65.2 Å². The number of hydrazone groups is 2. The topological polar surface area (TPSA) is 118 Å². The molecular formula is C21H32N6OS. The lowest BCUT2D eigenvalue weighted by atomic mass is 9.47. The largest absolute Gasteiger partial charge is 0.375 e. The predicted molar refractivity (Wildman–Crippen MR) is 119 cm³/mol. The summed E-state index contributed by atoms with van der Waals surface area (Å²) in [5.74, 6) is 2.11. The number of carbonyl (C=O) groups excluding carboxylic acids is 1. The Morgan fingerprint density at radius 2 is 1.79 bits per heavy atom. The molecule has 0 aliphatic heterocycles. The van der Waals surface area contributed by atoms with E-state index in [2.05, 4.69) is 41.0 Å². The number of rotatable bonds is 2. The first-order chi connectivity index (χ1) is 13.7. The third kappa shape index (κ3) is 3.45. The zero-order chi connectivity index (χ0) is 20.8. The molecule has 0 aromatic rings. The van der Waals surface area contributed by atoms with Gasteiger partial charge in [0, 0.05) is 11.1 Å². The molecule has 6 N–H and O–H groups in total. The second kappa shape index (κ2) is 7.38. The minimum atomic E-state index is -0.608. The molecule has 3 saturated carbocycles. The number of fused-ring (bicyclic) bond motifs is 5. The summed E-state index contributed by atoms with van der Waals surface area (Å²) >= 11 is 4.94. The van der Waals surface area contributed by atoms with Crippen LogP contribution < -0.4 is 22.3 Å². The smallest absolute Gasteiger partial charge is 0.332 e. The Bertz CT molecular complexity index is 820. The molecule has 4 aliphatic carbocycles. The number of amides is 2. The summed E-state index contributed by atoms with van der Waals surface area (Å²) in [6.07, 6.45) is 11.2. The van der Waals surface area contributed by atoms with Crippen molar-refractivity contribution in [2.45, 2.75) is 65.2 Å². The van der Waals surface area contributed by atoms with E-state index in [4.69, 9.17) is 23.7 Å². The Balaban J connectivity index is 1.57. The zero-order valence-corrected chi connectivity index (χ0v) is 18.1. The molecule has 3 fully saturated rings. The number of nitrogens with zero attached hydrogens (tertiary/aromatic N) is 2. The second-order valence-corrected chi connectivity index (χ2v) is 10.1. The minimum Gasteiger partial charge on any atom is -0.375 e. The lowest BCUT2D eigenvalue weighted by molar-refractivity contribution is -0.0155. The number of allylic oxidation sites excluding steroid dienone is 2. The van der Waals surface area contributed by atoms with Gasteiger partial charge in [0.15, 0.2) is 5.11 Å². The molecule has 0 saturated heterocycles. The van der Waals surface area contributed by atoms with Crippen molar-refractivity contribution < 1.29 is 4.79 Å². The highest BCUT2D eigenvalue weighted by Crippen LogP contribution is 2.64. The summed E-state index contributed by atoms with van der Waals surface area (Å²) in [5.41, 5.74) is 20.0. The van der Waals surface area contributed by atoms with Gasteiger partial charge in [-0.1, -0.05) is 19.4 Å². The van der Waals surface area contributed by atoms with Crippen LogP contribution in [0.3, 0.4) is 0 Å². The molecule has 0 spiro atoms. The van der Waals surface area contributed by atoms with Gasteiger partial charge < -0.3 is 11.5 Å². The van der Waals surface area contributed by atoms with E-state index in [1.54, 1.807) is 0 Å². The van der Waals surface area contributed by atoms with E-state index >= 15 is 0 Å². The third-order valence-electron chi connectivity index (χ3n) is 8.33. The highest BCUT2D eigenvalue weighted by Gasteiger charge is 2.58. The van der Waals surface area contributed by atoms with Gasteiger partial charge in [-0.15, -0.1) is 0 Å². The highest BCUT2D eigenvalue weighted by atomic mass is 32.1. The van der Waals surface area contributed by atoms with Gasteiger partial charge >= 0.3 is 6.03 Å². The molecule has 2 amide bonds. The van der Waals surface area contributed by atoms with E-state index in [1.807, 2.05) is 0 Å². The van der Waals surface area contributed by atoms with Gasteiger partial charge in [-0.05, 0) is 92.8 Å². The normalized spacial score (nSPS) is 41.2. The number of primary amides is 1. The van der Waals surface area contributed by atoms with E-state index < -0.39 is 6.03 Å². The molecule has 5 atom stereocenters. The van der Waals surface area contributed by atoms with E-state index in [0.29, 0.717) is 11.8 Å². The van der Waals surface area contributed by atoms with Gasteiger partial charge in [-0.25, -0.2) is 10.2 Å². The van der Waals surface area contributed by atoms with Gasteiger partial charge in [-0.3, -0.25) is 5.43 Å². The standard InChI is InChI=1S/C21H32N6OS/c1-20-9-7-13(24-26-18(22)28)11-12(20)3-4-14-15-5-6-17(25-27-19(23)29)21(15,2)10-8-16(14)20/h11,14-16H,3-10H2,1-2H3,(H3,22,26,28)(H3,23,27,29)/b24-13+,25-17?/t14-,15-,16-,20+,21+/m1/s1. The average molecular weight is 417 g/mol. The van der Waals surface area contributed by atoms with Crippen LogP contribution in [0.25, 0.3) is 0 Å². The van der Waals surface area contributed by atoms with Crippen LogP contribution in [-0.4, -0.2) is 22.6 Å². The number of hydrogen-bond donors (Lipinski definition) is 4. The van der Waals surface area contributed by atoms with Crippen molar-refractivity contribution in [3.8, 4) is 0 Å². The lowest BCUT2D eigenvalue weighted by Gasteiger charge is -2.57. The molecule has 0 bridgehead atoms. The van der Waals surface area contributed by atoms with Crippen LogP contribution in [0.2, 0.25) is 0 Å². The Kier molecular flexibility index (Phi) is 5.17. The van der Waals surface area contributed by atoms with E-state index in [0.717, 1.165) is 37.3 Å². The van der Waals surface area contributed by atoms with Crippen molar-refractivity contribution >= 4 is 34.8 Å². The van der Waals surface area contributed by atoms with E-state index in [9.17, 15) is 4.79 Å². The third-order valence-corrected chi connectivity index (χ3v) is 8.42. The Hall–Kier alpha value is -1.96. The minimum absolute atomic E-state index is 0.156. The fraction of sp³-hybridized carbons (Fsp3) is 0.714. The summed E-state index contributed by atoms with van der Waals surface area (Å²) in [6.45, 7) is 4.85. The van der Waals surface area contributed by atoms with Crippen LogP contribution in [0, 0.1) is 28.6 Å². The first kappa shape index (κ1) is 20.3. The van der Waals surface area contributed by atoms with Crippen LogP contribution in [-0.2, 0) is 0 Å². The van der Waals surface area contributed by atoms with Gasteiger partial charge in [0.05, 0.1) is 5.71 Å². The predicted octanol–water partition coefficient (Wildman–Crippen LogP) is 3.16. The fourth-order valence-electron chi connectivity index (χ4n) is 6.88. The van der Waals surface area contributed by atoms with Crippen molar-refractivity contribution in [1.82, 2.24) is 10.9 Å². The van der Waals surface area contributed by atoms with Crippen LogP contribution in [0.15, 0.2) is 21.9 Å². The lowest BCUT2D eigenvalue weighted by Crippen LogP contribution is -2.50. The maximum Gasteiger partial charge on any atom is 0.332 e. The zero-order valence-electron chi connectivity index (χ0n) is 17.3. The molecular weight excluding hydrogens is 384 g/mol. The molecule has 0 unspecified atom stereocenters. The molecule has 7 nitrogen and oxygen atoms in total. The van der Waals surface area contributed by atoms with Crippen LogP contribution in [0.4, 0.5) is 4.79 Å². The molecule has 29 heavy (non-hydrogen) atoms. The van der Waals surface area contributed by atoms with Crippen LogP contribution in [0.5, 0.6) is 0 Å². The molecule has 4 rings (SSSR count). The molecule has 0 radical (unpaired) electrons. The summed E-state index contributed by atoms with van der Waals surface area (Å²) in [4.78, 5) is 11.0. The van der Waals surface area contributed by atoms with Crippen LogP contribution >= 0.6 is 12.2 Å². The van der Waals surface area contributed by atoms with Gasteiger partial charge in [0.1, 0.15) is 0 Å². The molecule has 158 valence electrons. The fourth-order valence-corrected chi connectivity index (χ4v) is 6.93. The molecule has 8 heteroatoms. The maximum absolute atomic E-state index is 11.0. The molecule has 0 heterocycles. The van der Waals surface area contributed by atoms with Crippen molar-refractivity contribution in [2.75, 3.05) is 0 Å². The quantitative estimate of drug-likeness (QED) is 0.408. The van der Waals surface area contributed by atoms with Gasteiger partial charge in [0.25, 0.3) is 0 Å². The molecule has 0 aromatic heterocycles. The number of carbonyl (C=O) groups is 1. The maximum atomic E-state index is 11.0. The van der Waals surface area contributed by atoms with Crippen molar-refractivity contribution in [3.05, 3.63) is 11.6 Å². The van der Waals surface area contributed by atoms with Crippen molar-refractivity contribution in [3.63, 3.8) is 0 Å². The first-order valence-electron chi connectivity index (χ1n) is 10.7. The number of thiocarbonyl (C=S) groups is 1. The van der Waals surface area contributed by atoms with Gasteiger partial charge in [-0.2, -0.15) is 10.2 Å². The summed E-state index contributed by atoms with van der Waals surface area (Å²) in [5, 5.41) is 9.02. The number of nitrogens with one attached hydrogen (secondary N) is 2. The Morgan fingerprint density at radius 1 is 1.03 bits per heavy atom. The summed E-state index contributed by atoms with van der Waals surface area (Å²) in [6, 6.07) is -0.608. The number of urea groups is 1. The second-order valence-electron chi connectivity index (χ2n) is 9.61. The number of nitrogens with two attached hydrogens (primary N) is 2. The average Bonchev–Trinajstić information content (AvgIpc) is 3.01. The Morgan fingerprint density at radius 3 is 2.52 bits per heavy atom. The molecule has 4 aliphatic rings. The van der Waals surface area contributed by atoms with E-state index in [-0.39, 0.29) is 15.9 Å².